The number of aryl methyl sites for hydroxylation is 1. The fourth-order valence-corrected chi connectivity index (χ4v) is 4.13. The van der Waals surface area contributed by atoms with E-state index in [0.717, 1.165) is 34.8 Å². The molecule has 2 aromatic carbocycles. The van der Waals surface area contributed by atoms with Crippen LogP contribution in [0.3, 0.4) is 0 Å². The molecule has 0 amide bonds. The van der Waals surface area contributed by atoms with Gasteiger partial charge in [0.15, 0.2) is 0 Å². The van der Waals surface area contributed by atoms with Gasteiger partial charge in [0.1, 0.15) is 11.6 Å². The summed E-state index contributed by atoms with van der Waals surface area (Å²) in [6.45, 7) is 4.90. The summed E-state index contributed by atoms with van der Waals surface area (Å²) in [5, 5.41) is 4.29. The van der Waals surface area contributed by atoms with Gasteiger partial charge in [-0.2, -0.15) is 0 Å². The Morgan fingerprint density at radius 3 is 2.60 bits per heavy atom. The van der Waals surface area contributed by atoms with Crippen LogP contribution in [0, 0.1) is 12.7 Å². The molecule has 0 radical (unpaired) electrons. The molecule has 0 saturated heterocycles. The van der Waals surface area contributed by atoms with E-state index in [1.54, 1.807) is 6.07 Å². The van der Waals surface area contributed by atoms with E-state index in [0.29, 0.717) is 18.0 Å². The average molecular weight is 424 g/mol. The molecule has 1 heterocycles. The first-order valence-corrected chi connectivity index (χ1v) is 10.9. The molecule has 0 spiro atoms. The maximum absolute atomic E-state index is 13.8. The van der Waals surface area contributed by atoms with Crippen molar-refractivity contribution < 1.29 is 4.39 Å². The van der Waals surface area contributed by atoms with Crippen LogP contribution in [0.25, 0.3) is 5.69 Å². The van der Waals surface area contributed by atoms with Crippen molar-refractivity contribution in [2.24, 2.45) is 0 Å². The number of benzene rings is 2. The van der Waals surface area contributed by atoms with Gasteiger partial charge in [-0.3, -0.25) is 0 Å². The predicted molar refractivity (Wildman–Crippen MR) is 121 cm³/mol. The van der Waals surface area contributed by atoms with Crippen LogP contribution < -0.4 is 5.32 Å². The van der Waals surface area contributed by atoms with Gasteiger partial charge in [0.25, 0.3) is 0 Å². The molecule has 0 fully saturated rings. The summed E-state index contributed by atoms with van der Waals surface area (Å²) >= 11 is 6.08. The lowest BCUT2D eigenvalue weighted by Gasteiger charge is -2.18. The Hall–Kier alpha value is -2.59. The molecule has 30 heavy (non-hydrogen) atoms. The maximum Gasteiger partial charge on any atom is 0.123 e. The third-order valence-electron chi connectivity index (χ3n) is 5.82. The second-order valence-corrected chi connectivity index (χ2v) is 8.50. The highest BCUT2D eigenvalue weighted by atomic mass is 35.5. The first-order chi connectivity index (χ1) is 14.5. The van der Waals surface area contributed by atoms with Gasteiger partial charge < -0.3 is 9.88 Å². The van der Waals surface area contributed by atoms with Gasteiger partial charge in [-0.25, -0.2) is 9.37 Å². The minimum atomic E-state index is -0.221. The smallest absolute Gasteiger partial charge is 0.123 e. The van der Waals surface area contributed by atoms with Crippen molar-refractivity contribution in [1.82, 2.24) is 14.9 Å². The third kappa shape index (κ3) is 4.76. The highest BCUT2D eigenvalue weighted by Gasteiger charge is 2.14. The molecule has 0 bridgehead atoms. The summed E-state index contributed by atoms with van der Waals surface area (Å²) < 4.78 is 15.9. The largest absolute Gasteiger partial charge is 0.383 e. The standard InChI is InChI=1S/C25H27ClFN3/c1-17-7-10-21(27)13-19(17)14-25-29-22(15-28-24-6-4-3-5-18(24)2)16-30(25)23-11-8-20(26)9-12-23/h7-13,16,28H,3-6,14-15H2,1-2H3. The van der Waals surface area contributed by atoms with Gasteiger partial charge in [0, 0.05) is 29.0 Å². The molecular formula is C25H27ClFN3. The number of nitrogens with zero attached hydrogens (tertiary/aromatic N) is 2. The molecule has 1 aromatic heterocycles. The molecular weight excluding hydrogens is 397 g/mol. The van der Waals surface area contributed by atoms with Gasteiger partial charge in [-0.15, -0.1) is 0 Å². The van der Waals surface area contributed by atoms with Crippen LogP contribution in [0.5, 0.6) is 0 Å². The minimum Gasteiger partial charge on any atom is -0.383 e. The first kappa shape index (κ1) is 20.7. The Morgan fingerprint density at radius 2 is 1.83 bits per heavy atom. The lowest BCUT2D eigenvalue weighted by molar-refractivity contribution is 0.612. The fourth-order valence-electron chi connectivity index (χ4n) is 4.00. The molecule has 1 aliphatic carbocycles. The Labute approximate surface area is 182 Å². The zero-order valence-electron chi connectivity index (χ0n) is 17.5. The number of hydrogen-bond acceptors (Lipinski definition) is 2. The summed E-state index contributed by atoms with van der Waals surface area (Å²) in [6, 6.07) is 12.6. The molecule has 1 N–H and O–H groups in total. The highest BCUT2D eigenvalue weighted by molar-refractivity contribution is 6.30. The van der Waals surface area contributed by atoms with Gasteiger partial charge >= 0.3 is 0 Å². The second-order valence-electron chi connectivity index (χ2n) is 8.06. The van der Waals surface area contributed by atoms with E-state index in [4.69, 9.17) is 16.6 Å². The van der Waals surface area contributed by atoms with E-state index in [9.17, 15) is 4.39 Å². The van der Waals surface area contributed by atoms with Crippen LogP contribution in [0.15, 0.2) is 59.9 Å². The van der Waals surface area contributed by atoms with Crippen molar-refractivity contribution in [2.75, 3.05) is 0 Å². The summed E-state index contributed by atoms with van der Waals surface area (Å²) in [4.78, 5) is 4.91. The SMILES string of the molecule is CC1=C(NCc2cn(-c3ccc(Cl)cc3)c(Cc3cc(F)ccc3C)n2)CCCC1. The molecule has 3 nitrogen and oxygen atoms in total. The Balaban J connectivity index is 1.64. The third-order valence-corrected chi connectivity index (χ3v) is 6.07. The van der Waals surface area contributed by atoms with Crippen molar-refractivity contribution in [3.05, 3.63) is 93.4 Å². The maximum atomic E-state index is 13.8. The zero-order chi connectivity index (χ0) is 21.1. The Kier molecular flexibility index (Phi) is 6.24. The molecule has 4 rings (SSSR count). The second kappa shape index (κ2) is 9.05. The number of halogens is 2. The summed E-state index contributed by atoms with van der Waals surface area (Å²) in [5.41, 5.74) is 6.78. The fraction of sp³-hybridized carbons (Fsp3) is 0.320. The van der Waals surface area contributed by atoms with Crippen molar-refractivity contribution >= 4 is 11.6 Å². The van der Waals surface area contributed by atoms with E-state index in [-0.39, 0.29) is 5.82 Å². The zero-order valence-corrected chi connectivity index (χ0v) is 18.3. The van der Waals surface area contributed by atoms with Crippen LogP contribution in [0.2, 0.25) is 5.02 Å². The normalized spacial score (nSPS) is 14.3. The topological polar surface area (TPSA) is 29.9 Å². The lowest BCUT2D eigenvalue weighted by atomic mass is 9.97. The van der Waals surface area contributed by atoms with E-state index in [2.05, 4.69) is 23.0 Å². The Bertz CT molecular complexity index is 1070. The Morgan fingerprint density at radius 1 is 1.07 bits per heavy atom. The van der Waals surface area contributed by atoms with Crippen molar-refractivity contribution in [1.29, 1.82) is 0 Å². The van der Waals surface area contributed by atoms with Crippen LogP contribution in [0.1, 0.15) is 55.3 Å². The van der Waals surface area contributed by atoms with Crippen LogP contribution >= 0.6 is 11.6 Å². The number of imidazole rings is 1. The molecule has 3 aromatic rings. The monoisotopic (exact) mass is 423 g/mol. The molecule has 1 aliphatic rings. The summed E-state index contributed by atoms with van der Waals surface area (Å²) in [6.07, 6.45) is 7.43. The number of allylic oxidation sites excluding steroid dienone is 2. The number of aromatic nitrogens is 2. The van der Waals surface area contributed by atoms with Crippen LogP contribution in [-0.4, -0.2) is 9.55 Å². The van der Waals surface area contributed by atoms with Gasteiger partial charge in [0.2, 0.25) is 0 Å². The molecule has 0 unspecified atom stereocenters. The predicted octanol–water partition coefficient (Wildman–Crippen LogP) is 6.50. The van der Waals surface area contributed by atoms with Crippen molar-refractivity contribution in [2.45, 2.75) is 52.5 Å². The molecule has 5 heteroatoms. The van der Waals surface area contributed by atoms with Gasteiger partial charge in [-0.1, -0.05) is 23.2 Å². The van der Waals surface area contributed by atoms with Gasteiger partial charge in [-0.05, 0) is 87.1 Å². The molecule has 0 saturated carbocycles. The number of hydrogen-bond donors (Lipinski definition) is 1. The number of rotatable bonds is 6. The van der Waals surface area contributed by atoms with E-state index >= 15 is 0 Å². The van der Waals surface area contributed by atoms with Crippen LogP contribution in [0.4, 0.5) is 4.39 Å². The van der Waals surface area contributed by atoms with Crippen molar-refractivity contribution in [3.63, 3.8) is 0 Å². The number of nitrogens with one attached hydrogen (secondary N) is 1. The molecule has 156 valence electrons. The van der Waals surface area contributed by atoms with Crippen LogP contribution in [-0.2, 0) is 13.0 Å². The first-order valence-electron chi connectivity index (χ1n) is 10.5. The molecule has 0 aliphatic heterocycles. The lowest BCUT2D eigenvalue weighted by Crippen LogP contribution is -2.17. The minimum absolute atomic E-state index is 0.221. The van der Waals surface area contributed by atoms with E-state index in [1.165, 1.54) is 36.6 Å². The average Bonchev–Trinajstić information content (AvgIpc) is 3.13. The van der Waals surface area contributed by atoms with Crippen molar-refractivity contribution in [3.8, 4) is 5.69 Å². The van der Waals surface area contributed by atoms with Gasteiger partial charge in [0.05, 0.1) is 12.2 Å². The highest BCUT2D eigenvalue weighted by Crippen LogP contribution is 2.24. The molecule has 0 atom stereocenters. The van der Waals surface area contributed by atoms with E-state index < -0.39 is 0 Å². The quantitative estimate of drug-likeness (QED) is 0.490. The van der Waals surface area contributed by atoms with E-state index in [1.807, 2.05) is 37.3 Å². The summed E-state index contributed by atoms with van der Waals surface area (Å²) in [5.74, 6) is 0.666. The summed E-state index contributed by atoms with van der Waals surface area (Å²) in [7, 11) is 0.